The molecule has 4 rings (SSSR count). The van der Waals surface area contributed by atoms with E-state index in [1.165, 1.54) is 12.2 Å². The maximum Gasteiger partial charge on any atom is 0.255 e. The van der Waals surface area contributed by atoms with Crippen LogP contribution >= 0.6 is 0 Å². The highest BCUT2D eigenvalue weighted by Crippen LogP contribution is 2.21. The lowest BCUT2D eigenvalue weighted by Crippen LogP contribution is -2.48. The Morgan fingerprint density at radius 2 is 1.74 bits per heavy atom. The SMILES string of the molecule is CCOc1cccc(C(=O)Nc2ccc(N3CCN(C(=O)/C=C\C(=O)NC4CC4)CC3)cc2)c1. The molecule has 1 aliphatic heterocycles. The van der Waals surface area contributed by atoms with E-state index in [2.05, 4.69) is 15.5 Å². The van der Waals surface area contributed by atoms with Gasteiger partial charge in [0.25, 0.3) is 5.91 Å². The standard InChI is InChI=1S/C26H30N4O4/c1-2-34-23-5-3-4-19(18-23)26(33)28-21-8-10-22(11-9-21)29-14-16-30(17-15-29)25(32)13-12-24(31)27-20-6-7-20/h3-5,8-13,18,20H,2,6-7,14-17H2,1H3,(H,27,31)(H,28,33)/b13-12-. The van der Waals surface area contributed by atoms with Gasteiger partial charge in [0, 0.05) is 61.3 Å². The van der Waals surface area contributed by atoms with E-state index in [0.29, 0.717) is 49.8 Å². The second-order valence-electron chi connectivity index (χ2n) is 8.39. The molecule has 8 heteroatoms. The fourth-order valence-electron chi connectivity index (χ4n) is 3.77. The van der Waals surface area contributed by atoms with Crippen LogP contribution < -0.4 is 20.3 Å². The molecule has 2 aromatic rings. The molecule has 34 heavy (non-hydrogen) atoms. The zero-order valence-corrected chi connectivity index (χ0v) is 19.3. The van der Waals surface area contributed by atoms with Crippen molar-refractivity contribution in [1.29, 1.82) is 0 Å². The van der Waals surface area contributed by atoms with Crippen molar-refractivity contribution in [3.8, 4) is 5.75 Å². The fraction of sp³-hybridized carbons (Fsp3) is 0.346. The van der Waals surface area contributed by atoms with Crippen molar-refractivity contribution >= 4 is 29.1 Å². The van der Waals surface area contributed by atoms with Crippen LogP contribution in [0.15, 0.2) is 60.7 Å². The van der Waals surface area contributed by atoms with Gasteiger partial charge in [0.15, 0.2) is 0 Å². The highest BCUT2D eigenvalue weighted by atomic mass is 16.5. The Morgan fingerprint density at radius 1 is 1.00 bits per heavy atom. The molecule has 2 aromatic carbocycles. The maximum absolute atomic E-state index is 12.6. The Bertz CT molecular complexity index is 1050. The van der Waals surface area contributed by atoms with Crippen LogP contribution in [0.2, 0.25) is 0 Å². The number of rotatable bonds is 8. The number of ether oxygens (including phenoxy) is 1. The number of hydrogen-bond donors (Lipinski definition) is 2. The Labute approximate surface area is 199 Å². The molecular formula is C26H30N4O4. The molecule has 0 atom stereocenters. The van der Waals surface area contributed by atoms with Crippen LogP contribution in [0.25, 0.3) is 0 Å². The first-order valence-corrected chi connectivity index (χ1v) is 11.7. The number of carbonyl (C=O) groups is 3. The van der Waals surface area contributed by atoms with Gasteiger partial charge < -0.3 is 25.2 Å². The molecule has 0 spiro atoms. The van der Waals surface area contributed by atoms with Gasteiger partial charge in [-0.3, -0.25) is 14.4 Å². The van der Waals surface area contributed by atoms with Gasteiger partial charge in [-0.15, -0.1) is 0 Å². The summed E-state index contributed by atoms with van der Waals surface area (Å²) in [5.74, 6) is 0.126. The van der Waals surface area contributed by atoms with E-state index in [1.807, 2.05) is 37.3 Å². The third kappa shape index (κ3) is 6.37. The smallest absolute Gasteiger partial charge is 0.255 e. The Balaban J connectivity index is 1.26. The lowest BCUT2D eigenvalue weighted by molar-refractivity contribution is -0.126. The van der Waals surface area contributed by atoms with Crippen molar-refractivity contribution in [2.45, 2.75) is 25.8 Å². The highest BCUT2D eigenvalue weighted by molar-refractivity contribution is 6.04. The minimum absolute atomic E-state index is 0.142. The zero-order chi connectivity index (χ0) is 23.9. The first-order valence-electron chi connectivity index (χ1n) is 11.7. The molecule has 178 valence electrons. The number of hydrogen-bond acceptors (Lipinski definition) is 5. The van der Waals surface area contributed by atoms with E-state index in [1.54, 1.807) is 23.1 Å². The number of nitrogens with zero attached hydrogens (tertiary/aromatic N) is 2. The van der Waals surface area contributed by atoms with E-state index in [9.17, 15) is 14.4 Å². The molecule has 1 heterocycles. The summed E-state index contributed by atoms with van der Waals surface area (Å²) in [5, 5.41) is 5.75. The number of nitrogens with one attached hydrogen (secondary N) is 2. The third-order valence-corrected chi connectivity index (χ3v) is 5.79. The summed E-state index contributed by atoms with van der Waals surface area (Å²) in [6, 6.07) is 15.1. The molecule has 3 amide bonds. The lowest BCUT2D eigenvalue weighted by Gasteiger charge is -2.35. The van der Waals surface area contributed by atoms with E-state index in [-0.39, 0.29) is 23.8 Å². The van der Waals surface area contributed by atoms with Crippen LogP contribution in [0.4, 0.5) is 11.4 Å². The topological polar surface area (TPSA) is 91.0 Å². The van der Waals surface area contributed by atoms with Crippen molar-refractivity contribution in [3.05, 3.63) is 66.2 Å². The van der Waals surface area contributed by atoms with E-state index in [0.717, 1.165) is 18.5 Å². The lowest BCUT2D eigenvalue weighted by atomic mass is 10.2. The van der Waals surface area contributed by atoms with Crippen LogP contribution in [-0.2, 0) is 9.59 Å². The predicted octanol–water partition coefficient (Wildman–Crippen LogP) is 2.82. The highest BCUT2D eigenvalue weighted by Gasteiger charge is 2.23. The first-order chi connectivity index (χ1) is 16.5. The summed E-state index contributed by atoms with van der Waals surface area (Å²) in [7, 11) is 0. The van der Waals surface area contributed by atoms with Crippen LogP contribution in [-0.4, -0.2) is 61.4 Å². The number of carbonyl (C=O) groups excluding carboxylic acids is 3. The number of amides is 3. The quantitative estimate of drug-likeness (QED) is 0.589. The average Bonchev–Trinajstić information content (AvgIpc) is 3.67. The molecule has 1 saturated heterocycles. The number of anilines is 2. The second-order valence-corrected chi connectivity index (χ2v) is 8.39. The number of benzene rings is 2. The molecule has 2 aliphatic rings. The summed E-state index contributed by atoms with van der Waals surface area (Å²) in [6.45, 7) is 5.01. The predicted molar refractivity (Wildman–Crippen MR) is 131 cm³/mol. The van der Waals surface area contributed by atoms with Crippen LogP contribution in [0.3, 0.4) is 0 Å². The molecule has 2 N–H and O–H groups in total. The Hall–Kier alpha value is -3.81. The molecule has 0 aromatic heterocycles. The van der Waals surface area contributed by atoms with E-state index >= 15 is 0 Å². The van der Waals surface area contributed by atoms with Gasteiger partial charge in [-0.1, -0.05) is 6.07 Å². The van der Waals surface area contributed by atoms with Crippen molar-refractivity contribution in [2.75, 3.05) is 43.0 Å². The van der Waals surface area contributed by atoms with Gasteiger partial charge >= 0.3 is 0 Å². The number of piperazine rings is 1. The van der Waals surface area contributed by atoms with E-state index < -0.39 is 0 Å². The van der Waals surface area contributed by atoms with Crippen molar-refractivity contribution in [1.82, 2.24) is 10.2 Å². The monoisotopic (exact) mass is 462 g/mol. The largest absolute Gasteiger partial charge is 0.494 e. The Morgan fingerprint density at radius 3 is 2.41 bits per heavy atom. The summed E-state index contributed by atoms with van der Waals surface area (Å²) in [4.78, 5) is 40.6. The molecule has 8 nitrogen and oxygen atoms in total. The molecule has 0 radical (unpaired) electrons. The fourth-order valence-corrected chi connectivity index (χ4v) is 3.77. The molecule has 0 bridgehead atoms. The Kier molecular flexibility index (Phi) is 7.47. The minimum Gasteiger partial charge on any atom is -0.494 e. The molecule has 0 unspecified atom stereocenters. The van der Waals surface area contributed by atoms with Crippen LogP contribution in [0.1, 0.15) is 30.1 Å². The van der Waals surface area contributed by atoms with Gasteiger partial charge in [-0.25, -0.2) is 0 Å². The first kappa shape index (κ1) is 23.4. The van der Waals surface area contributed by atoms with Gasteiger partial charge in [0.2, 0.25) is 11.8 Å². The van der Waals surface area contributed by atoms with E-state index in [4.69, 9.17) is 4.74 Å². The van der Waals surface area contributed by atoms with Crippen molar-refractivity contribution in [3.63, 3.8) is 0 Å². The summed E-state index contributed by atoms with van der Waals surface area (Å²) >= 11 is 0. The molecule has 2 fully saturated rings. The zero-order valence-electron chi connectivity index (χ0n) is 19.3. The maximum atomic E-state index is 12.6. The summed E-state index contributed by atoms with van der Waals surface area (Å²) in [5.41, 5.74) is 2.27. The van der Waals surface area contributed by atoms with Gasteiger partial charge in [0.1, 0.15) is 5.75 Å². The van der Waals surface area contributed by atoms with Crippen molar-refractivity contribution in [2.24, 2.45) is 0 Å². The van der Waals surface area contributed by atoms with Crippen molar-refractivity contribution < 1.29 is 19.1 Å². The van der Waals surface area contributed by atoms with Crippen LogP contribution in [0.5, 0.6) is 5.75 Å². The normalized spacial score (nSPS) is 15.8. The second kappa shape index (κ2) is 10.9. The third-order valence-electron chi connectivity index (χ3n) is 5.79. The summed E-state index contributed by atoms with van der Waals surface area (Å²) < 4.78 is 5.46. The minimum atomic E-state index is -0.205. The molecule has 1 saturated carbocycles. The van der Waals surface area contributed by atoms with Gasteiger partial charge in [-0.05, 0) is 62.2 Å². The average molecular weight is 463 g/mol. The molecular weight excluding hydrogens is 432 g/mol. The summed E-state index contributed by atoms with van der Waals surface area (Å²) in [6.07, 6.45) is 4.72. The van der Waals surface area contributed by atoms with Crippen LogP contribution in [0, 0.1) is 0 Å². The van der Waals surface area contributed by atoms with Gasteiger partial charge in [-0.2, -0.15) is 0 Å². The van der Waals surface area contributed by atoms with Gasteiger partial charge in [0.05, 0.1) is 6.61 Å². The molecule has 1 aliphatic carbocycles.